The summed E-state index contributed by atoms with van der Waals surface area (Å²) in [5.74, 6) is 1.92. The third kappa shape index (κ3) is 1.57. The monoisotopic (exact) mass is 246 g/mol. The zero-order valence-electron chi connectivity index (χ0n) is 9.41. The van der Waals surface area contributed by atoms with Gasteiger partial charge in [-0.15, -0.1) is 11.3 Å². The number of hydrogen-bond acceptors (Lipinski definition) is 5. The van der Waals surface area contributed by atoms with Crippen molar-refractivity contribution in [1.82, 2.24) is 19.5 Å². The van der Waals surface area contributed by atoms with E-state index in [2.05, 4.69) is 15.0 Å². The van der Waals surface area contributed by atoms with Gasteiger partial charge in [-0.2, -0.15) is 4.98 Å². The molecular weight excluding hydrogens is 236 g/mol. The van der Waals surface area contributed by atoms with E-state index in [0.717, 1.165) is 16.0 Å². The molecule has 3 heterocycles. The third-order valence-corrected chi connectivity index (χ3v) is 3.38. The van der Waals surface area contributed by atoms with Gasteiger partial charge in [0.2, 0.25) is 5.88 Å². The first kappa shape index (κ1) is 10.2. The van der Waals surface area contributed by atoms with E-state index in [4.69, 9.17) is 4.74 Å². The summed E-state index contributed by atoms with van der Waals surface area (Å²) in [6.45, 7) is 0. The van der Waals surface area contributed by atoms with Crippen LogP contribution in [0, 0.1) is 0 Å². The molecule has 0 saturated carbocycles. The van der Waals surface area contributed by atoms with Gasteiger partial charge >= 0.3 is 0 Å². The van der Waals surface area contributed by atoms with Gasteiger partial charge in [0.05, 0.1) is 12.6 Å². The number of imidazole rings is 1. The number of nitrogens with zero attached hydrogens (tertiary/aromatic N) is 4. The van der Waals surface area contributed by atoms with Crippen molar-refractivity contribution in [3.8, 4) is 17.5 Å². The van der Waals surface area contributed by atoms with Crippen molar-refractivity contribution in [2.45, 2.75) is 0 Å². The minimum absolute atomic E-state index is 0.584. The van der Waals surface area contributed by atoms with Crippen LogP contribution in [0.3, 0.4) is 0 Å². The Balaban J connectivity index is 2.27. The zero-order valence-corrected chi connectivity index (χ0v) is 10.2. The summed E-state index contributed by atoms with van der Waals surface area (Å²) in [6, 6.07) is 1.96. The average molecular weight is 246 g/mol. The maximum atomic E-state index is 5.29. The van der Waals surface area contributed by atoms with E-state index in [0.29, 0.717) is 11.7 Å². The zero-order chi connectivity index (χ0) is 11.8. The van der Waals surface area contributed by atoms with Gasteiger partial charge in [-0.05, 0) is 11.4 Å². The average Bonchev–Trinajstić information content (AvgIpc) is 2.95. The highest BCUT2D eigenvalue weighted by molar-refractivity contribution is 7.17. The Bertz CT molecular complexity index is 673. The molecule has 5 nitrogen and oxygen atoms in total. The first-order valence-electron chi connectivity index (χ1n) is 5.06. The summed E-state index contributed by atoms with van der Waals surface area (Å²) in [5, 5.41) is 1.98. The lowest BCUT2D eigenvalue weighted by Gasteiger charge is -2.04. The summed E-state index contributed by atoms with van der Waals surface area (Å²) in [6.07, 6.45) is 3.59. The van der Waals surface area contributed by atoms with Gasteiger partial charge in [-0.1, -0.05) is 0 Å². The standard InChI is InChI=1S/C11H10N4OS/c1-15-5-4-12-10(15)9-13-7-3-6-17-8(7)11(14-9)16-2/h3-6H,1-2H3. The van der Waals surface area contributed by atoms with Gasteiger partial charge in [-0.3, -0.25) is 0 Å². The topological polar surface area (TPSA) is 52.8 Å². The highest BCUT2D eigenvalue weighted by Gasteiger charge is 2.13. The molecule has 86 valence electrons. The molecule has 17 heavy (non-hydrogen) atoms. The normalized spacial score (nSPS) is 10.9. The van der Waals surface area contributed by atoms with Crippen LogP contribution < -0.4 is 4.74 Å². The Morgan fingerprint density at radius 1 is 1.35 bits per heavy atom. The second-order valence-corrected chi connectivity index (χ2v) is 4.47. The predicted octanol–water partition coefficient (Wildman–Crippen LogP) is 2.10. The first-order chi connectivity index (χ1) is 8.29. The fourth-order valence-corrected chi connectivity index (χ4v) is 2.45. The van der Waals surface area contributed by atoms with Crippen LogP contribution in [0.15, 0.2) is 23.8 Å². The number of aryl methyl sites for hydroxylation is 1. The van der Waals surface area contributed by atoms with Crippen molar-refractivity contribution >= 4 is 21.6 Å². The largest absolute Gasteiger partial charge is 0.480 e. The van der Waals surface area contributed by atoms with Crippen LogP contribution >= 0.6 is 11.3 Å². The van der Waals surface area contributed by atoms with Crippen molar-refractivity contribution in [1.29, 1.82) is 0 Å². The molecule has 0 spiro atoms. The Morgan fingerprint density at radius 2 is 2.24 bits per heavy atom. The molecule has 3 aromatic heterocycles. The van der Waals surface area contributed by atoms with E-state index in [-0.39, 0.29) is 0 Å². The first-order valence-corrected chi connectivity index (χ1v) is 5.94. The number of rotatable bonds is 2. The molecule has 0 radical (unpaired) electrons. The molecule has 0 aliphatic carbocycles. The van der Waals surface area contributed by atoms with E-state index in [1.165, 1.54) is 0 Å². The van der Waals surface area contributed by atoms with Crippen molar-refractivity contribution in [3.05, 3.63) is 23.8 Å². The fourth-order valence-electron chi connectivity index (χ4n) is 1.66. The molecular formula is C11H10N4OS. The summed E-state index contributed by atoms with van der Waals surface area (Å²) in [5.41, 5.74) is 0.889. The van der Waals surface area contributed by atoms with Gasteiger partial charge in [0.15, 0.2) is 11.6 Å². The molecule has 0 aliphatic rings. The number of fused-ring (bicyclic) bond motifs is 1. The van der Waals surface area contributed by atoms with Crippen molar-refractivity contribution in [2.75, 3.05) is 7.11 Å². The minimum atomic E-state index is 0.584. The van der Waals surface area contributed by atoms with E-state index >= 15 is 0 Å². The summed E-state index contributed by atoms with van der Waals surface area (Å²) >= 11 is 1.57. The molecule has 0 amide bonds. The fraction of sp³-hybridized carbons (Fsp3) is 0.182. The molecule has 0 atom stereocenters. The highest BCUT2D eigenvalue weighted by Crippen LogP contribution is 2.29. The molecule has 0 fully saturated rings. The van der Waals surface area contributed by atoms with Crippen LogP contribution in [0.1, 0.15) is 0 Å². The second kappa shape index (κ2) is 3.81. The lowest BCUT2D eigenvalue weighted by molar-refractivity contribution is 0.404. The van der Waals surface area contributed by atoms with Crippen LogP contribution in [0.2, 0.25) is 0 Å². The van der Waals surface area contributed by atoms with Gasteiger partial charge in [0.1, 0.15) is 4.70 Å². The van der Waals surface area contributed by atoms with Crippen molar-refractivity contribution < 1.29 is 4.74 Å². The molecule has 0 bridgehead atoms. The molecule has 0 aromatic carbocycles. The third-order valence-electron chi connectivity index (χ3n) is 2.49. The van der Waals surface area contributed by atoms with Crippen LogP contribution in [0.25, 0.3) is 21.9 Å². The van der Waals surface area contributed by atoms with Gasteiger partial charge in [0.25, 0.3) is 0 Å². The lowest BCUT2D eigenvalue weighted by Crippen LogP contribution is -1.99. The maximum Gasteiger partial charge on any atom is 0.235 e. The van der Waals surface area contributed by atoms with Gasteiger partial charge in [-0.25, -0.2) is 9.97 Å². The summed E-state index contributed by atoms with van der Waals surface area (Å²) in [7, 11) is 3.53. The number of hydrogen-bond donors (Lipinski definition) is 0. The maximum absolute atomic E-state index is 5.29. The van der Waals surface area contributed by atoms with E-state index in [1.54, 1.807) is 24.6 Å². The lowest BCUT2D eigenvalue weighted by atomic mass is 10.4. The molecule has 0 unspecified atom stereocenters. The second-order valence-electron chi connectivity index (χ2n) is 3.55. The van der Waals surface area contributed by atoms with E-state index in [9.17, 15) is 0 Å². The number of aromatic nitrogens is 4. The van der Waals surface area contributed by atoms with Crippen LogP contribution in [0.5, 0.6) is 5.88 Å². The number of thiophene rings is 1. The predicted molar refractivity (Wildman–Crippen MR) is 66.2 cm³/mol. The Labute approximate surface area is 102 Å². The van der Waals surface area contributed by atoms with Crippen molar-refractivity contribution in [3.63, 3.8) is 0 Å². The van der Waals surface area contributed by atoms with E-state index in [1.807, 2.05) is 29.3 Å². The van der Waals surface area contributed by atoms with Gasteiger partial charge in [0, 0.05) is 19.4 Å². The summed E-state index contributed by atoms with van der Waals surface area (Å²) < 4.78 is 8.13. The molecule has 3 rings (SSSR count). The Hall–Kier alpha value is -1.95. The quantitative estimate of drug-likeness (QED) is 0.695. The molecule has 0 aliphatic heterocycles. The SMILES string of the molecule is COc1nc(-c2nccn2C)nc2ccsc12. The van der Waals surface area contributed by atoms with Crippen LogP contribution in [0.4, 0.5) is 0 Å². The van der Waals surface area contributed by atoms with E-state index < -0.39 is 0 Å². The Kier molecular flexibility index (Phi) is 2.29. The van der Waals surface area contributed by atoms with Crippen LogP contribution in [-0.4, -0.2) is 26.6 Å². The highest BCUT2D eigenvalue weighted by atomic mass is 32.1. The minimum Gasteiger partial charge on any atom is -0.480 e. The van der Waals surface area contributed by atoms with Gasteiger partial charge < -0.3 is 9.30 Å². The smallest absolute Gasteiger partial charge is 0.235 e. The van der Waals surface area contributed by atoms with Crippen LogP contribution in [-0.2, 0) is 7.05 Å². The summed E-state index contributed by atoms with van der Waals surface area (Å²) in [4.78, 5) is 13.1. The molecule has 6 heteroatoms. The molecule has 0 saturated heterocycles. The molecule has 0 N–H and O–H groups in total. The Morgan fingerprint density at radius 3 is 2.94 bits per heavy atom. The number of ether oxygens (including phenoxy) is 1. The molecule has 3 aromatic rings. The number of methoxy groups -OCH3 is 1. The van der Waals surface area contributed by atoms with Crippen molar-refractivity contribution in [2.24, 2.45) is 7.05 Å².